The molecule has 152 valence electrons. The standard InChI is InChI=1S/C23H20ClFN4O/c1-4-17-19(15-10-5-7-11-16(15)25)27-22-20(26-17)21(24)28-23(30)29(22)18-12-8-6-9-14(18)13(2)3/h5-13H,4H2,1-3H3. The molecule has 0 aliphatic rings. The molecule has 0 radical (unpaired) electrons. The first-order valence-corrected chi connectivity index (χ1v) is 10.1. The molecule has 0 aliphatic carbocycles. The van der Waals surface area contributed by atoms with Gasteiger partial charge in [-0.3, -0.25) is 0 Å². The molecule has 30 heavy (non-hydrogen) atoms. The lowest BCUT2D eigenvalue weighted by Gasteiger charge is -2.17. The summed E-state index contributed by atoms with van der Waals surface area (Å²) in [5.74, 6) is -0.245. The van der Waals surface area contributed by atoms with Crippen molar-refractivity contribution in [2.45, 2.75) is 33.1 Å². The van der Waals surface area contributed by atoms with Crippen LogP contribution in [0.4, 0.5) is 4.39 Å². The number of para-hydroxylation sites is 1. The minimum Gasteiger partial charge on any atom is -0.245 e. The van der Waals surface area contributed by atoms with Gasteiger partial charge in [-0.1, -0.05) is 62.7 Å². The number of aryl methyl sites for hydroxylation is 1. The molecule has 4 aromatic rings. The largest absolute Gasteiger partial charge is 0.355 e. The first kappa shape index (κ1) is 20.2. The van der Waals surface area contributed by atoms with Crippen molar-refractivity contribution in [2.75, 3.05) is 0 Å². The van der Waals surface area contributed by atoms with E-state index in [0.29, 0.717) is 34.6 Å². The molecule has 0 unspecified atom stereocenters. The van der Waals surface area contributed by atoms with E-state index in [1.807, 2.05) is 45.0 Å². The van der Waals surface area contributed by atoms with Crippen molar-refractivity contribution in [3.63, 3.8) is 0 Å². The molecule has 0 N–H and O–H groups in total. The van der Waals surface area contributed by atoms with E-state index in [9.17, 15) is 9.18 Å². The average Bonchev–Trinajstić information content (AvgIpc) is 2.73. The summed E-state index contributed by atoms with van der Waals surface area (Å²) in [5, 5.41) is -0.0180. The van der Waals surface area contributed by atoms with Crippen LogP contribution in [-0.4, -0.2) is 19.5 Å². The fraction of sp³-hybridized carbons (Fsp3) is 0.217. The topological polar surface area (TPSA) is 60.7 Å². The molecule has 0 fully saturated rings. The van der Waals surface area contributed by atoms with E-state index in [-0.39, 0.29) is 16.7 Å². The highest BCUT2D eigenvalue weighted by atomic mass is 35.5. The molecule has 5 nitrogen and oxygen atoms in total. The summed E-state index contributed by atoms with van der Waals surface area (Å²) in [5.41, 5.74) is 2.92. The molecular formula is C23H20ClFN4O. The second-order valence-corrected chi connectivity index (χ2v) is 7.62. The van der Waals surface area contributed by atoms with E-state index in [1.54, 1.807) is 18.2 Å². The smallest absolute Gasteiger partial charge is 0.245 e. The van der Waals surface area contributed by atoms with Crippen LogP contribution in [0.3, 0.4) is 0 Å². The van der Waals surface area contributed by atoms with Crippen molar-refractivity contribution in [1.29, 1.82) is 0 Å². The quantitative estimate of drug-likeness (QED) is 0.417. The van der Waals surface area contributed by atoms with Gasteiger partial charge in [0, 0.05) is 5.56 Å². The van der Waals surface area contributed by atoms with Gasteiger partial charge in [0.2, 0.25) is 0 Å². The highest BCUT2D eigenvalue weighted by molar-refractivity contribution is 6.33. The predicted octanol–water partition coefficient (Wildman–Crippen LogP) is 5.32. The highest BCUT2D eigenvalue weighted by Gasteiger charge is 2.21. The summed E-state index contributed by atoms with van der Waals surface area (Å²) in [6, 6.07) is 13.9. The molecule has 0 spiro atoms. The van der Waals surface area contributed by atoms with E-state index >= 15 is 0 Å². The van der Waals surface area contributed by atoms with Gasteiger partial charge in [0.25, 0.3) is 0 Å². The molecule has 4 rings (SSSR count). The Morgan fingerprint density at radius 1 is 1.03 bits per heavy atom. The molecule has 0 bridgehead atoms. The van der Waals surface area contributed by atoms with E-state index in [1.165, 1.54) is 10.6 Å². The van der Waals surface area contributed by atoms with Gasteiger partial charge in [-0.05, 0) is 36.1 Å². The van der Waals surface area contributed by atoms with Crippen molar-refractivity contribution < 1.29 is 4.39 Å². The van der Waals surface area contributed by atoms with E-state index in [0.717, 1.165) is 5.56 Å². The highest BCUT2D eigenvalue weighted by Crippen LogP contribution is 2.30. The predicted molar refractivity (Wildman–Crippen MR) is 117 cm³/mol. The normalized spacial score (nSPS) is 11.4. The van der Waals surface area contributed by atoms with Crippen molar-refractivity contribution >= 4 is 22.8 Å². The minimum absolute atomic E-state index is 0.0180. The Bertz CT molecular complexity index is 1320. The second-order valence-electron chi connectivity index (χ2n) is 7.26. The maximum atomic E-state index is 14.6. The number of rotatable bonds is 4. The Labute approximate surface area is 178 Å². The maximum Gasteiger partial charge on any atom is 0.355 e. The summed E-state index contributed by atoms with van der Waals surface area (Å²) in [6.45, 7) is 5.99. The molecule has 0 amide bonds. The zero-order valence-electron chi connectivity index (χ0n) is 16.9. The minimum atomic E-state index is -0.557. The van der Waals surface area contributed by atoms with Gasteiger partial charge in [0.05, 0.1) is 17.1 Å². The Hall–Kier alpha value is -3.12. The summed E-state index contributed by atoms with van der Waals surface area (Å²) < 4.78 is 16.0. The van der Waals surface area contributed by atoms with Crippen molar-refractivity contribution in [2.24, 2.45) is 0 Å². The number of fused-ring (bicyclic) bond motifs is 1. The van der Waals surface area contributed by atoms with Crippen molar-refractivity contribution in [3.8, 4) is 16.9 Å². The summed E-state index contributed by atoms with van der Waals surface area (Å²) >= 11 is 6.28. The van der Waals surface area contributed by atoms with Crippen LogP contribution in [0, 0.1) is 5.82 Å². The SMILES string of the molecule is CCc1nc2c(Cl)nc(=O)n(-c3ccccc3C(C)C)c2nc1-c1ccccc1F. The molecule has 0 aliphatic heterocycles. The van der Waals surface area contributed by atoms with Gasteiger partial charge in [-0.2, -0.15) is 4.98 Å². The van der Waals surface area contributed by atoms with Gasteiger partial charge in [-0.25, -0.2) is 23.7 Å². The molecule has 2 heterocycles. The molecule has 2 aromatic heterocycles. The molecule has 0 saturated carbocycles. The van der Waals surface area contributed by atoms with Gasteiger partial charge < -0.3 is 0 Å². The first-order valence-electron chi connectivity index (χ1n) is 9.75. The Balaban J connectivity index is 2.15. The van der Waals surface area contributed by atoms with Crippen LogP contribution < -0.4 is 5.69 Å². The number of nitrogens with zero attached hydrogens (tertiary/aromatic N) is 4. The number of aromatic nitrogens is 4. The number of hydrogen-bond donors (Lipinski definition) is 0. The first-order chi connectivity index (χ1) is 14.4. The Morgan fingerprint density at radius 2 is 1.73 bits per heavy atom. The number of benzene rings is 2. The van der Waals surface area contributed by atoms with Crippen LogP contribution in [0.5, 0.6) is 0 Å². The molecule has 0 saturated heterocycles. The summed E-state index contributed by atoms with van der Waals surface area (Å²) in [6.07, 6.45) is 0.518. The van der Waals surface area contributed by atoms with E-state index in [2.05, 4.69) is 9.97 Å². The summed E-state index contributed by atoms with van der Waals surface area (Å²) in [4.78, 5) is 26.2. The molecule has 7 heteroatoms. The van der Waals surface area contributed by atoms with Crippen LogP contribution in [0.1, 0.15) is 37.9 Å². The monoisotopic (exact) mass is 422 g/mol. The lowest BCUT2D eigenvalue weighted by Crippen LogP contribution is -2.24. The zero-order chi connectivity index (χ0) is 21.4. The number of hydrogen-bond acceptors (Lipinski definition) is 4. The van der Waals surface area contributed by atoms with Crippen molar-refractivity contribution in [1.82, 2.24) is 19.5 Å². The molecular weight excluding hydrogens is 403 g/mol. The van der Waals surface area contributed by atoms with Gasteiger partial charge >= 0.3 is 5.69 Å². The van der Waals surface area contributed by atoms with Gasteiger partial charge in [0.1, 0.15) is 11.3 Å². The third kappa shape index (κ3) is 3.37. The van der Waals surface area contributed by atoms with Gasteiger partial charge in [-0.15, -0.1) is 0 Å². The fourth-order valence-electron chi connectivity index (χ4n) is 3.55. The lowest BCUT2D eigenvalue weighted by molar-refractivity contribution is 0.630. The third-order valence-electron chi connectivity index (χ3n) is 5.01. The van der Waals surface area contributed by atoms with Crippen LogP contribution in [0.25, 0.3) is 28.1 Å². The Morgan fingerprint density at radius 3 is 2.43 bits per heavy atom. The lowest BCUT2D eigenvalue weighted by atomic mass is 10.0. The molecule has 0 atom stereocenters. The second kappa shape index (κ2) is 7.95. The van der Waals surface area contributed by atoms with E-state index in [4.69, 9.17) is 16.6 Å². The third-order valence-corrected chi connectivity index (χ3v) is 5.27. The fourth-order valence-corrected chi connectivity index (χ4v) is 3.74. The van der Waals surface area contributed by atoms with Gasteiger partial charge in [0.15, 0.2) is 10.8 Å². The maximum absolute atomic E-state index is 14.6. The zero-order valence-corrected chi connectivity index (χ0v) is 17.6. The van der Waals surface area contributed by atoms with Crippen LogP contribution >= 0.6 is 11.6 Å². The van der Waals surface area contributed by atoms with E-state index < -0.39 is 11.5 Å². The molecule has 2 aromatic carbocycles. The summed E-state index contributed by atoms with van der Waals surface area (Å²) in [7, 11) is 0. The number of halogens is 2. The van der Waals surface area contributed by atoms with Crippen LogP contribution in [0.2, 0.25) is 5.15 Å². The van der Waals surface area contributed by atoms with Crippen molar-refractivity contribution in [3.05, 3.63) is 81.2 Å². The van der Waals surface area contributed by atoms with Crippen LogP contribution in [0.15, 0.2) is 53.3 Å². The van der Waals surface area contributed by atoms with Crippen LogP contribution in [-0.2, 0) is 6.42 Å². The average molecular weight is 423 g/mol. The Kier molecular flexibility index (Phi) is 5.35.